The normalized spacial score (nSPS) is 43.4. The molecule has 76 valence electrons. The summed E-state index contributed by atoms with van der Waals surface area (Å²) < 4.78 is 0. The third-order valence-electron chi connectivity index (χ3n) is 4.06. The Hall–Kier alpha value is -0.0800. The summed E-state index contributed by atoms with van der Waals surface area (Å²) >= 11 is 0. The second-order valence-electron chi connectivity index (χ2n) is 4.52. The van der Waals surface area contributed by atoms with E-state index >= 15 is 0 Å². The van der Waals surface area contributed by atoms with E-state index in [9.17, 15) is 5.11 Å². The number of nitrogens with zero attached hydrogens (tertiary/aromatic N) is 1. The molecule has 0 aromatic carbocycles. The first-order chi connectivity index (χ1) is 6.27. The van der Waals surface area contributed by atoms with Crippen molar-refractivity contribution in [2.75, 3.05) is 13.1 Å². The van der Waals surface area contributed by atoms with Crippen molar-refractivity contribution in [3.05, 3.63) is 0 Å². The number of hydrogen-bond acceptors (Lipinski definition) is 2. The topological polar surface area (TPSA) is 23.5 Å². The zero-order valence-corrected chi connectivity index (χ0v) is 8.74. The second-order valence-corrected chi connectivity index (χ2v) is 4.52. The molecule has 2 aliphatic rings. The summed E-state index contributed by atoms with van der Waals surface area (Å²) in [6, 6.07) is 0.699. The van der Waals surface area contributed by atoms with Gasteiger partial charge >= 0.3 is 0 Å². The summed E-state index contributed by atoms with van der Waals surface area (Å²) in [5, 5.41) is 9.80. The van der Waals surface area contributed by atoms with E-state index in [0.29, 0.717) is 12.0 Å². The maximum Gasteiger partial charge on any atom is 0.0586 e. The van der Waals surface area contributed by atoms with Gasteiger partial charge in [0, 0.05) is 12.0 Å². The van der Waals surface area contributed by atoms with Crippen LogP contribution in [-0.4, -0.2) is 35.2 Å². The van der Waals surface area contributed by atoms with E-state index < -0.39 is 0 Å². The SMILES string of the molecule is CCN(CC)[C@@H]1[C@H]2CC[C@@H]1[C@@H](O)C2. The highest BCUT2D eigenvalue weighted by Crippen LogP contribution is 2.47. The molecule has 2 bridgehead atoms. The standard InChI is InChI=1S/C11H21NO/c1-3-12(4-2)11-8-5-6-9(11)10(13)7-8/h8-11,13H,3-7H2,1-2H3/t8-,9+,10-,11+/m0/s1. The molecule has 0 heterocycles. The van der Waals surface area contributed by atoms with Gasteiger partial charge in [0.05, 0.1) is 6.10 Å². The van der Waals surface area contributed by atoms with Gasteiger partial charge in [-0.25, -0.2) is 0 Å². The summed E-state index contributed by atoms with van der Waals surface area (Å²) in [5.41, 5.74) is 0. The smallest absolute Gasteiger partial charge is 0.0586 e. The Morgan fingerprint density at radius 3 is 2.31 bits per heavy atom. The monoisotopic (exact) mass is 183 g/mol. The van der Waals surface area contributed by atoms with Crippen molar-refractivity contribution < 1.29 is 5.11 Å². The van der Waals surface area contributed by atoms with Gasteiger partial charge in [-0.2, -0.15) is 0 Å². The van der Waals surface area contributed by atoms with Gasteiger partial charge in [0.15, 0.2) is 0 Å². The lowest BCUT2D eigenvalue weighted by atomic mass is 9.98. The van der Waals surface area contributed by atoms with Crippen LogP contribution in [0, 0.1) is 11.8 Å². The molecule has 0 saturated heterocycles. The summed E-state index contributed by atoms with van der Waals surface area (Å²) in [7, 11) is 0. The molecule has 0 radical (unpaired) electrons. The zero-order valence-electron chi connectivity index (χ0n) is 8.74. The third kappa shape index (κ3) is 1.40. The lowest BCUT2D eigenvalue weighted by Crippen LogP contribution is -2.39. The molecular formula is C11H21NO. The van der Waals surface area contributed by atoms with Gasteiger partial charge in [-0.1, -0.05) is 13.8 Å². The van der Waals surface area contributed by atoms with Crippen molar-refractivity contribution >= 4 is 0 Å². The minimum absolute atomic E-state index is 0.00403. The quantitative estimate of drug-likeness (QED) is 0.716. The van der Waals surface area contributed by atoms with E-state index in [2.05, 4.69) is 18.7 Å². The van der Waals surface area contributed by atoms with Crippen LogP contribution < -0.4 is 0 Å². The summed E-state index contributed by atoms with van der Waals surface area (Å²) in [5.74, 6) is 1.38. The molecule has 2 fully saturated rings. The van der Waals surface area contributed by atoms with Crippen molar-refractivity contribution in [3.63, 3.8) is 0 Å². The molecular weight excluding hydrogens is 162 g/mol. The van der Waals surface area contributed by atoms with Crippen molar-refractivity contribution in [1.29, 1.82) is 0 Å². The molecule has 2 saturated carbocycles. The van der Waals surface area contributed by atoms with E-state index in [1.807, 2.05) is 0 Å². The molecule has 0 spiro atoms. The van der Waals surface area contributed by atoms with Crippen molar-refractivity contribution in [3.8, 4) is 0 Å². The molecule has 2 aliphatic carbocycles. The van der Waals surface area contributed by atoms with Gasteiger partial charge in [-0.05, 0) is 38.3 Å². The predicted molar refractivity (Wildman–Crippen MR) is 53.5 cm³/mol. The highest BCUT2D eigenvalue weighted by Gasteiger charge is 2.48. The number of aliphatic hydroxyl groups excluding tert-OH is 1. The Morgan fingerprint density at radius 1 is 1.23 bits per heavy atom. The van der Waals surface area contributed by atoms with E-state index in [0.717, 1.165) is 25.4 Å². The Morgan fingerprint density at radius 2 is 1.92 bits per heavy atom. The Balaban J connectivity index is 2.07. The molecule has 0 aromatic rings. The maximum absolute atomic E-state index is 9.80. The highest BCUT2D eigenvalue weighted by atomic mass is 16.3. The minimum atomic E-state index is 0.00403. The van der Waals surface area contributed by atoms with Crippen LogP contribution in [0.15, 0.2) is 0 Å². The molecule has 0 amide bonds. The van der Waals surface area contributed by atoms with Gasteiger partial charge < -0.3 is 10.0 Å². The van der Waals surface area contributed by atoms with Gasteiger partial charge in [0.25, 0.3) is 0 Å². The van der Waals surface area contributed by atoms with Gasteiger partial charge in [-0.3, -0.25) is 0 Å². The molecule has 13 heavy (non-hydrogen) atoms. The van der Waals surface area contributed by atoms with Crippen LogP contribution >= 0.6 is 0 Å². The average Bonchev–Trinajstić information content (AvgIpc) is 2.64. The van der Waals surface area contributed by atoms with E-state index in [4.69, 9.17) is 0 Å². The van der Waals surface area contributed by atoms with Crippen LogP contribution in [0.3, 0.4) is 0 Å². The van der Waals surface area contributed by atoms with Crippen molar-refractivity contribution in [1.82, 2.24) is 4.90 Å². The number of aliphatic hydroxyl groups is 1. The van der Waals surface area contributed by atoms with Crippen molar-refractivity contribution in [2.24, 2.45) is 11.8 Å². The molecule has 0 aromatic heterocycles. The number of hydrogen-bond donors (Lipinski definition) is 1. The van der Waals surface area contributed by atoms with Crippen LogP contribution in [0.25, 0.3) is 0 Å². The molecule has 0 aliphatic heterocycles. The number of fused-ring (bicyclic) bond motifs is 2. The first-order valence-corrected chi connectivity index (χ1v) is 5.70. The lowest BCUT2D eigenvalue weighted by Gasteiger charge is -2.30. The van der Waals surface area contributed by atoms with Crippen LogP contribution in [-0.2, 0) is 0 Å². The zero-order chi connectivity index (χ0) is 9.42. The lowest BCUT2D eigenvalue weighted by molar-refractivity contribution is 0.0922. The Bertz CT molecular complexity index is 179. The van der Waals surface area contributed by atoms with Gasteiger partial charge in [0.1, 0.15) is 0 Å². The summed E-state index contributed by atoms with van der Waals surface area (Å²) in [4.78, 5) is 2.54. The maximum atomic E-state index is 9.80. The van der Waals surface area contributed by atoms with E-state index in [1.54, 1.807) is 0 Å². The summed E-state index contributed by atoms with van der Waals surface area (Å²) in [6.07, 6.45) is 3.67. The third-order valence-corrected chi connectivity index (χ3v) is 4.06. The molecule has 2 nitrogen and oxygen atoms in total. The van der Waals surface area contributed by atoms with Gasteiger partial charge in [-0.15, -0.1) is 0 Å². The van der Waals surface area contributed by atoms with Crippen LogP contribution in [0.2, 0.25) is 0 Å². The highest BCUT2D eigenvalue weighted by molar-refractivity contribution is 5.01. The molecule has 0 unspecified atom stereocenters. The first-order valence-electron chi connectivity index (χ1n) is 5.70. The molecule has 2 rings (SSSR count). The summed E-state index contributed by atoms with van der Waals surface area (Å²) in [6.45, 7) is 6.74. The van der Waals surface area contributed by atoms with Crippen LogP contribution in [0.4, 0.5) is 0 Å². The van der Waals surface area contributed by atoms with E-state index in [-0.39, 0.29) is 6.10 Å². The fourth-order valence-corrected chi connectivity index (χ4v) is 3.47. The average molecular weight is 183 g/mol. The van der Waals surface area contributed by atoms with Crippen molar-refractivity contribution in [2.45, 2.75) is 45.3 Å². The molecule has 1 N–H and O–H groups in total. The Kier molecular flexibility index (Phi) is 2.61. The van der Waals surface area contributed by atoms with E-state index in [1.165, 1.54) is 12.8 Å². The largest absolute Gasteiger partial charge is 0.393 e. The van der Waals surface area contributed by atoms with Crippen LogP contribution in [0.1, 0.15) is 33.1 Å². The predicted octanol–water partition coefficient (Wildman–Crippen LogP) is 1.49. The number of rotatable bonds is 3. The van der Waals surface area contributed by atoms with Gasteiger partial charge in [0.2, 0.25) is 0 Å². The molecule has 2 heteroatoms. The Labute approximate surface area is 80.9 Å². The minimum Gasteiger partial charge on any atom is -0.393 e. The first kappa shape index (κ1) is 9.47. The second kappa shape index (κ2) is 3.58. The molecule has 4 atom stereocenters. The fourth-order valence-electron chi connectivity index (χ4n) is 3.47. The fraction of sp³-hybridized carbons (Fsp3) is 1.00. The van der Waals surface area contributed by atoms with Crippen LogP contribution in [0.5, 0.6) is 0 Å².